The molecule has 0 saturated heterocycles. The van der Waals surface area contributed by atoms with Gasteiger partial charge in [0, 0.05) is 31.3 Å². The SMILES string of the molecule is NC(=O)C(C[C@H](NC(=O)Oc1ccccc1)C(=O)O)N(CCCl)CCCl. The van der Waals surface area contributed by atoms with Crippen LogP contribution in [0, 0.1) is 0 Å². The molecular weight excluding hydrogens is 385 g/mol. The smallest absolute Gasteiger partial charge is 0.413 e. The minimum atomic E-state index is -1.38. The second-order valence-electron chi connectivity index (χ2n) is 5.31. The van der Waals surface area contributed by atoms with E-state index in [0.717, 1.165) is 0 Å². The number of rotatable bonds is 11. The van der Waals surface area contributed by atoms with Crippen LogP contribution in [0.1, 0.15) is 6.42 Å². The predicted octanol–water partition coefficient (Wildman–Crippen LogP) is 1.25. The number of carboxylic acids is 1. The van der Waals surface area contributed by atoms with Crippen molar-refractivity contribution >= 4 is 41.2 Å². The maximum Gasteiger partial charge on any atom is 0.413 e. The fourth-order valence-electron chi connectivity index (χ4n) is 2.30. The lowest BCUT2D eigenvalue weighted by Gasteiger charge is -2.30. The molecule has 10 heteroatoms. The summed E-state index contributed by atoms with van der Waals surface area (Å²) in [5.74, 6) is -1.38. The van der Waals surface area contributed by atoms with Gasteiger partial charge in [0.2, 0.25) is 5.91 Å². The summed E-state index contributed by atoms with van der Waals surface area (Å²) < 4.78 is 5.01. The number of ether oxygens (including phenoxy) is 1. The summed E-state index contributed by atoms with van der Waals surface area (Å²) in [5.41, 5.74) is 5.40. The minimum Gasteiger partial charge on any atom is -0.480 e. The van der Waals surface area contributed by atoms with Crippen LogP contribution in [0.5, 0.6) is 5.75 Å². The Morgan fingerprint density at radius 1 is 1.15 bits per heavy atom. The van der Waals surface area contributed by atoms with Crippen LogP contribution in [0.4, 0.5) is 4.79 Å². The maximum atomic E-state index is 11.9. The van der Waals surface area contributed by atoms with Gasteiger partial charge in [0.1, 0.15) is 11.8 Å². The van der Waals surface area contributed by atoms with Crippen molar-refractivity contribution in [3.8, 4) is 5.75 Å². The second kappa shape index (κ2) is 11.6. The van der Waals surface area contributed by atoms with Gasteiger partial charge in [0.25, 0.3) is 0 Å². The first-order valence-corrected chi connectivity index (χ1v) is 8.87. The van der Waals surface area contributed by atoms with Crippen molar-refractivity contribution in [2.45, 2.75) is 18.5 Å². The molecule has 0 aliphatic rings. The van der Waals surface area contributed by atoms with Crippen molar-refractivity contribution in [2.24, 2.45) is 5.73 Å². The molecule has 0 saturated carbocycles. The van der Waals surface area contributed by atoms with Crippen LogP contribution in [-0.4, -0.2) is 64.9 Å². The first kappa shape index (κ1) is 22.0. The van der Waals surface area contributed by atoms with Crippen molar-refractivity contribution in [3.63, 3.8) is 0 Å². The van der Waals surface area contributed by atoms with Gasteiger partial charge in [-0.3, -0.25) is 9.69 Å². The predicted molar refractivity (Wildman–Crippen MR) is 97.6 cm³/mol. The lowest BCUT2D eigenvalue weighted by atomic mass is 10.0. The Bertz CT molecular complexity index is 597. The molecule has 0 fully saturated rings. The first-order chi connectivity index (χ1) is 12.4. The summed E-state index contributed by atoms with van der Waals surface area (Å²) >= 11 is 11.4. The molecule has 2 atom stereocenters. The summed E-state index contributed by atoms with van der Waals surface area (Å²) in [7, 11) is 0. The molecule has 0 aromatic heterocycles. The summed E-state index contributed by atoms with van der Waals surface area (Å²) in [6.07, 6.45) is -1.20. The van der Waals surface area contributed by atoms with Crippen molar-refractivity contribution in [1.82, 2.24) is 10.2 Å². The number of aliphatic carboxylic acids is 1. The third kappa shape index (κ3) is 7.47. The number of amides is 2. The van der Waals surface area contributed by atoms with E-state index < -0.39 is 30.1 Å². The number of benzene rings is 1. The van der Waals surface area contributed by atoms with E-state index >= 15 is 0 Å². The van der Waals surface area contributed by atoms with Crippen LogP contribution < -0.4 is 15.8 Å². The molecule has 4 N–H and O–H groups in total. The first-order valence-electron chi connectivity index (χ1n) is 7.80. The van der Waals surface area contributed by atoms with Gasteiger partial charge < -0.3 is 20.9 Å². The Labute approximate surface area is 161 Å². The molecule has 1 aromatic carbocycles. The van der Waals surface area contributed by atoms with Crippen LogP contribution >= 0.6 is 23.2 Å². The summed E-state index contributed by atoms with van der Waals surface area (Å²) in [5, 5.41) is 11.6. The fraction of sp³-hybridized carbons (Fsp3) is 0.438. The highest BCUT2D eigenvalue weighted by Gasteiger charge is 2.31. The van der Waals surface area contributed by atoms with E-state index in [0.29, 0.717) is 13.1 Å². The quantitative estimate of drug-likeness (QED) is 0.476. The number of carbonyl (C=O) groups excluding carboxylic acids is 2. The van der Waals surface area contributed by atoms with Crippen molar-refractivity contribution in [3.05, 3.63) is 30.3 Å². The van der Waals surface area contributed by atoms with Crippen LogP contribution in [0.2, 0.25) is 0 Å². The molecule has 26 heavy (non-hydrogen) atoms. The molecule has 0 heterocycles. The number of primary amides is 1. The van der Waals surface area contributed by atoms with Crippen molar-refractivity contribution in [1.29, 1.82) is 0 Å². The van der Waals surface area contributed by atoms with Crippen LogP contribution in [-0.2, 0) is 9.59 Å². The molecule has 2 amide bonds. The summed E-state index contributed by atoms with van der Waals surface area (Å²) in [4.78, 5) is 36.8. The van der Waals surface area contributed by atoms with Crippen molar-refractivity contribution in [2.75, 3.05) is 24.8 Å². The number of carboxylic acid groups (broad SMARTS) is 1. The lowest BCUT2D eigenvalue weighted by molar-refractivity contribution is -0.140. The highest BCUT2D eigenvalue weighted by molar-refractivity contribution is 6.18. The molecule has 144 valence electrons. The van der Waals surface area contributed by atoms with E-state index in [1.165, 1.54) is 0 Å². The van der Waals surface area contributed by atoms with E-state index in [1.807, 2.05) is 0 Å². The Hall–Kier alpha value is -2.03. The summed E-state index contributed by atoms with van der Waals surface area (Å²) in [6.45, 7) is 0.589. The van der Waals surface area contributed by atoms with Gasteiger partial charge in [-0.15, -0.1) is 23.2 Å². The average Bonchev–Trinajstić information content (AvgIpc) is 2.58. The molecule has 1 rings (SSSR count). The van der Waals surface area contributed by atoms with E-state index in [1.54, 1.807) is 35.2 Å². The highest BCUT2D eigenvalue weighted by atomic mass is 35.5. The molecule has 0 aliphatic carbocycles. The molecule has 1 unspecified atom stereocenters. The Balaban J connectivity index is 2.81. The number of carbonyl (C=O) groups is 3. The number of halogens is 2. The Morgan fingerprint density at radius 3 is 2.19 bits per heavy atom. The van der Waals surface area contributed by atoms with Gasteiger partial charge in [-0.25, -0.2) is 9.59 Å². The van der Waals surface area contributed by atoms with E-state index in [2.05, 4.69) is 5.32 Å². The number of hydrogen-bond donors (Lipinski definition) is 3. The topological polar surface area (TPSA) is 122 Å². The second-order valence-corrected chi connectivity index (χ2v) is 6.06. The number of nitrogens with zero attached hydrogens (tertiary/aromatic N) is 1. The van der Waals surface area contributed by atoms with Gasteiger partial charge >= 0.3 is 12.1 Å². The zero-order valence-corrected chi connectivity index (χ0v) is 15.4. The monoisotopic (exact) mass is 405 g/mol. The highest BCUT2D eigenvalue weighted by Crippen LogP contribution is 2.11. The third-order valence-corrected chi connectivity index (χ3v) is 3.85. The van der Waals surface area contributed by atoms with E-state index in [-0.39, 0.29) is 23.9 Å². The lowest BCUT2D eigenvalue weighted by Crippen LogP contribution is -2.52. The van der Waals surface area contributed by atoms with Gasteiger partial charge in [-0.2, -0.15) is 0 Å². The summed E-state index contributed by atoms with van der Waals surface area (Å²) in [6, 6.07) is 5.83. The standard InChI is InChI=1S/C16H21Cl2N3O5/c17-6-8-21(9-7-18)13(14(19)22)10-12(15(23)24)20-16(25)26-11-4-2-1-3-5-11/h1-5,12-13H,6-10H2,(H2,19,22)(H,20,25)(H,23,24)/t12-,13?/m0/s1. The molecule has 0 aliphatic heterocycles. The maximum absolute atomic E-state index is 11.9. The van der Waals surface area contributed by atoms with Gasteiger partial charge in [0.05, 0.1) is 6.04 Å². The van der Waals surface area contributed by atoms with Gasteiger partial charge in [-0.05, 0) is 12.1 Å². The number of hydrogen-bond acceptors (Lipinski definition) is 5. The zero-order valence-electron chi connectivity index (χ0n) is 13.9. The normalized spacial score (nSPS) is 13.0. The van der Waals surface area contributed by atoms with E-state index in [4.69, 9.17) is 33.7 Å². The number of nitrogens with one attached hydrogen (secondary N) is 1. The molecule has 0 radical (unpaired) electrons. The minimum absolute atomic E-state index is 0.210. The molecular formula is C16H21Cl2N3O5. The van der Waals surface area contributed by atoms with Gasteiger partial charge in [-0.1, -0.05) is 18.2 Å². The van der Waals surface area contributed by atoms with Crippen LogP contribution in [0.15, 0.2) is 30.3 Å². The largest absolute Gasteiger partial charge is 0.480 e. The Kier molecular flexibility index (Phi) is 9.79. The third-order valence-electron chi connectivity index (χ3n) is 3.52. The molecule has 8 nitrogen and oxygen atoms in total. The number of para-hydroxylation sites is 1. The van der Waals surface area contributed by atoms with Crippen molar-refractivity contribution < 1.29 is 24.2 Å². The van der Waals surface area contributed by atoms with Crippen LogP contribution in [0.25, 0.3) is 0 Å². The van der Waals surface area contributed by atoms with E-state index in [9.17, 15) is 19.5 Å². The molecule has 0 spiro atoms. The molecule has 0 bridgehead atoms. The fourth-order valence-corrected chi connectivity index (χ4v) is 2.73. The van der Waals surface area contributed by atoms with Crippen LogP contribution in [0.3, 0.4) is 0 Å². The zero-order chi connectivity index (χ0) is 19.5. The Morgan fingerprint density at radius 2 is 1.73 bits per heavy atom. The average molecular weight is 406 g/mol. The number of alkyl halides is 2. The molecule has 1 aromatic rings. The van der Waals surface area contributed by atoms with Gasteiger partial charge in [0.15, 0.2) is 0 Å². The number of nitrogens with two attached hydrogens (primary N) is 1.